The van der Waals surface area contributed by atoms with Gasteiger partial charge in [-0.1, -0.05) is 32.1 Å². The number of amides is 2. The first-order chi connectivity index (χ1) is 13.9. The van der Waals surface area contributed by atoms with Gasteiger partial charge in [-0.05, 0) is 18.4 Å². The van der Waals surface area contributed by atoms with Crippen LogP contribution in [0.1, 0.15) is 60.4 Å². The highest BCUT2D eigenvalue weighted by Crippen LogP contribution is 2.47. The van der Waals surface area contributed by atoms with E-state index in [1.54, 1.807) is 0 Å². The van der Waals surface area contributed by atoms with Gasteiger partial charge in [-0.15, -0.1) is 0 Å². The molecule has 0 heterocycles. The van der Waals surface area contributed by atoms with Crippen LogP contribution in [0.2, 0.25) is 0 Å². The number of methoxy groups -OCH3 is 3. The number of nitrogens with two attached hydrogens (primary N) is 1. The summed E-state index contributed by atoms with van der Waals surface area (Å²) >= 11 is 0. The van der Waals surface area contributed by atoms with Crippen LogP contribution in [-0.2, 0) is 4.79 Å². The molecule has 1 aliphatic rings. The number of likely N-dealkylation sites (N-methyl/N-ethyl adjacent to an activating group) is 1. The van der Waals surface area contributed by atoms with Crippen molar-refractivity contribution >= 4 is 11.8 Å². The van der Waals surface area contributed by atoms with Crippen LogP contribution >= 0.6 is 0 Å². The number of ether oxygens (including phenoxy) is 3. The van der Waals surface area contributed by atoms with Crippen LogP contribution in [-0.4, -0.2) is 45.1 Å². The van der Waals surface area contributed by atoms with Crippen molar-refractivity contribution in [3.63, 3.8) is 0 Å². The van der Waals surface area contributed by atoms with Crippen molar-refractivity contribution in [3.05, 3.63) is 17.2 Å². The van der Waals surface area contributed by atoms with Gasteiger partial charge in [0.25, 0.3) is 0 Å². The van der Waals surface area contributed by atoms with E-state index in [1.165, 1.54) is 40.9 Å². The first-order valence-electron chi connectivity index (χ1n) is 9.69. The molecule has 1 aliphatic carbocycles. The second-order valence-corrected chi connectivity index (χ2v) is 7.26. The normalized spacial score (nSPS) is 15.1. The third kappa shape index (κ3) is 4.73. The average Bonchev–Trinajstić information content (AvgIpc) is 2.75. The lowest BCUT2D eigenvalue weighted by atomic mass is 9.78. The molecular formula is C21H29N3O5. The Balaban J connectivity index is 2.70. The van der Waals surface area contributed by atoms with E-state index in [9.17, 15) is 14.9 Å². The molecule has 1 saturated carbocycles. The first kappa shape index (κ1) is 22.3. The monoisotopic (exact) mass is 403 g/mol. The molecule has 2 N–H and O–H groups in total. The molecule has 8 heteroatoms. The van der Waals surface area contributed by atoms with Crippen LogP contribution in [0.4, 0.5) is 0 Å². The predicted octanol–water partition coefficient (Wildman–Crippen LogP) is 2.80. The van der Waals surface area contributed by atoms with Crippen LogP contribution in [0.15, 0.2) is 6.07 Å². The Hall–Kier alpha value is -2.95. The predicted molar refractivity (Wildman–Crippen MR) is 107 cm³/mol. The van der Waals surface area contributed by atoms with Crippen LogP contribution < -0.4 is 19.9 Å². The van der Waals surface area contributed by atoms with Crippen LogP contribution in [0.25, 0.3) is 0 Å². The van der Waals surface area contributed by atoms with E-state index in [1.807, 2.05) is 6.19 Å². The minimum Gasteiger partial charge on any atom is -0.493 e. The highest BCUT2D eigenvalue weighted by Gasteiger charge is 2.36. The largest absolute Gasteiger partial charge is 0.493 e. The molecule has 1 aromatic rings. The lowest BCUT2D eigenvalue weighted by Crippen LogP contribution is -2.31. The van der Waals surface area contributed by atoms with Gasteiger partial charge in [0.05, 0.1) is 32.8 Å². The Morgan fingerprint density at radius 1 is 1.17 bits per heavy atom. The summed E-state index contributed by atoms with van der Waals surface area (Å²) in [6.45, 7) is 0. The Kier molecular flexibility index (Phi) is 7.71. The zero-order valence-corrected chi connectivity index (χ0v) is 17.5. The summed E-state index contributed by atoms with van der Waals surface area (Å²) in [6, 6.07) is 1.46. The molecule has 0 aliphatic heterocycles. The molecule has 0 spiro atoms. The number of carbonyl (C=O) groups is 2. The van der Waals surface area contributed by atoms with Crippen molar-refractivity contribution in [2.45, 2.75) is 44.4 Å². The van der Waals surface area contributed by atoms with Crippen molar-refractivity contribution in [3.8, 4) is 23.4 Å². The quantitative estimate of drug-likeness (QED) is 0.527. The summed E-state index contributed by atoms with van der Waals surface area (Å²) in [6.07, 6.45) is 7.75. The molecule has 0 aromatic heterocycles. The Labute approximate surface area is 171 Å². The van der Waals surface area contributed by atoms with E-state index in [2.05, 4.69) is 0 Å². The number of primary amides is 1. The summed E-state index contributed by atoms with van der Waals surface area (Å²) in [7, 11) is 5.73. The SMILES string of the molecule is COc1cc(C(N)=O)c([C@H](CC2CCCCC2)C(=O)N(C)C#N)c(OC)c1OC. The van der Waals surface area contributed by atoms with Gasteiger partial charge >= 0.3 is 0 Å². The standard InChI is InChI=1S/C21H29N3O5/c1-24(12-22)21(26)15(10-13-8-6-5-7-9-13)17-14(20(23)25)11-16(27-2)18(28-3)19(17)29-4/h11,13,15H,5-10H2,1-4H3,(H2,23,25)/t15-/m0/s1. The fourth-order valence-electron chi connectivity index (χ4n) is 4.11. The van der Waals surface area contributed by atoms with E-state index in [0.717, 1.165) is 30.6 Å². The molecule has 2 amide bonds. The first-order valence-corrected chi connectivity index (χ1v) is 9.69. The van der Waals surface area contributed by atoms with Gasteiger partial charge in [0, 0.05) is 12.6 Å². The average molecular weight is 403 g/mol. The van der Waals surface area contributed by atoms with Gasteiger partial charge in [0.2, 0.25) is 17.6 Å². The summed E-state index contributed by atoms with van der Waals surface area (Å²) in [5, 5.41) is 9.28. The van der Waals surface area contributed by atoms with Gasteiger partial charge in [-0.2, -0.15) is 5.26 Å². The number of hydrogen-bond acceptors (Lipinski definition) is 6. The molecule has 1 aromatic carbocycles. The molecule has 0 bridgehead atoms. The van der Waals surface area contributed by atoms with Crippen molar-refractivity contribution in [1.82, 2.24) is 4.90 Å². The minimum absolute atomic E-state index is 0.125. The lowest BCUT2D eigenvalue weighted by molar-refractivity contribution is -0.129. The number of carbonyl (C=O) groups excluding carboxylic acids is 2. The second-order valence-electron chi connectivity index (χ2n) is 7.26. The lowest BCUT2D eigenvalue weighted by Gasteiger charge is -2.29. The smallest absolute Gasteiger partial charge is 0.249 e. The maximum absolute atomic E-state index is 13.2. The van der Waals surface area contributed by atoms with Gasteiger partial charge in [0.1, 0.15) is 0 Å². The number of hydrogen-bond donors (Lipinski definition) is 1. The second kappa shape index (κ2) is 10.0. The number of rotatable bonds is 8. The van der Waals surface area contributed by atoms with Gasteiger partial charge in [-0.25, -0.2) is 0 Å². The van der Waals surface area contributed by atoms with E-state index in [-0.39, 0.29) is 22.8 Å². The molecule has 0 radical (unpaired) electrons. The Bertz CT molecular complexity index is 796. The summed E-state index contributed by atoms with van der Waals surface area (Å²) in [4.78, 5) is 26.4. The fourth-order valence-corrected chi connectivity index (χ4v) is 4.11. The zero-order valence-electron chi connectivity index (χ0n) is 17.5. The third-order valence-corrected chi connectivity index (χ3v) is 5.55. The van der Waals surface area contributed by atoms with E-state index in [4.69, 9.17) is 19.9 Å². The highest BCUT2D eigenvalue weighted by atomic mass is 16.5. The summed E-state index contributed by atoms with van der Waals surface area (Å²) in [5.41, 5.74) is 6.12. The molecule has 1 fully saturated rings. The Morgan fingerprint density at radius 2 is 1.79 bits per heavy atom. The topological polar surface area (TPSA) is 115 Å². The Morgan fingerprint density at radius 3 is 2.28 bits per heavy atom. The van der Waals surface area contributed by atoms with Crippen molar-refractivity contribution in [1.29, 1.82) is 5.26 Å². The third-order valence-electron chi connectivity index (χ3n) is 5.55. The molecular weight excluding hydrogens is 374 g/mol. The van der Waals surface area contributed by atoms with Gasteiger partial charge < -0.3 is 19.9 Å². The maximum Gasteiger partial charge on any atom is 0.249 e. The molecule has 0 saturated heterocycles. The number of benzene rings is 1. The minimum atomic E-state index is -0.764. The van der Waals surface area contributed by atoms with Crippen LogP contribution in [0, 0.1) is 17.4 Å². The summed E-state index contributed by atoms with van der Waals surface area (Å²) in [5.74, 6) is -0.800. The van der Waals surface area contributed by atoms with Gasteiger partial charge in [0.15, 0.2) is 17.7 Å². The number of nitrogens with zero attached hydrogens (tertiary/aromatic N) is 2. The molecule has 158 valence electrons. The van der Waals surface area contributed by atoms with Crippen molar-refractivity contribution in [2.75, 3.05) is 28.4 Å². The molecule has 8 nitrogen and oxygen atoms in total. The van der Waals surface area contributed by atoms with Crippen molar-refractivity contribution < 1.29 is 23.8 Å². The molecule has 1 atom stereocenters. The fraction of sp³-hybridized carbons (Fsp3) is 0.571. The van der Waals surface area contributed by atoms with E-state index >= 15 is 0 Å². The highest BCUT2D eigenvalue weighted by molar-refractivity contribution is 5.99. The van der Waals surface area contributed by atoms with Gasteiger partial charge in [-0.3, -0.25) is 14.5 Å². The molecule has 2 rings (SSSR count). The van der Waals surface area contributed by atoms with E-state index < -0.39 is 17.7 Å². The molecule has 0 unspecified atom stereocenters. The van der Waals surface area contributed by atoms with Crippen LogP contribution in [0.3, 0.4) is 0 Å². The number of nitriles is 1. The zero-order chi connectivity index (χ0) is 21.6. The van der Waals surface area contributed by atoms with E-state index in [0.29, 0.717) is 17.9 Å². The van der Waals surface area contributed by atoms with Crippen molar-refractivity contribution in [2.24, 2.45) is 11.7 Å². The van der Waals surface area contributed by atoms with Crippen LogP contribution in [0.5, 0.6) is 17.2 Å². The molecule has 29 heavy (non-hydrogen) atoms. The summed E-state index contributed by atoms with van der Waals surface area (Å²) < 4.78 is 16.3. The maximum atomic E-state index is 13.2.